The quantitative estimate of drug-likeness (QED) is 0.246. The van der Waals surface area contributed by atoms with E-state index in [1.165, 1.54) is 0 Å². The molecule has 0 radical (unpaired) electrons. The maximum atomic E-state index is 13.8. The Hall–Kier alpha value is -3.74. The van der Waals surface area contributed by atoms with Crippen LogP contribution in [-0.4, -0.2) is 22.7 Å². The normalized spacial score (nSPS) is 17.5. The minimum Gasteiger partial charge on any atom is -0.493 e. The first kappa shape index (κ1) is 27.4. The number of nitrogens with zero attached hydrogens (tertiary/aromatic N) is 2. The largest absolute Gasteiger partial charge is 0.493 e. The summed E-state index contributed by atoms with van der Waals surface area (Å²) in [4.78, 5) is 13.8. The Kier molecular flexibility index (Phi) is 7.08. The molecule has 41 heavy (non-hydrogen) atoms. The van der Waals surface area contributed by atoms with Gasteiger partial charge in [0.15, 0.2) is 17.3 Å². The molecule has 1 aliphatic carbocycles. The zero-order chi connectivity index (χ0) is 28.9. The molecule has 0 amide bonds. The molecule has 0 bridgehead atoms. The number of rotatable bonds is 6. The van der Waals surface area contributed by atoms with Crippen LogP contribution >= 0.6 is 23.2 Å². The summed E-state index contributed by atoms with van der Waals surface area (Å²) in [6.07, 6.45) is 1.23. The number of carbonyl (C=O) groups is 1. The maximum absolute atomic E-state index is 13.8. The first-order valence-electron chi connectivity index (χ1n) is 13.6. The molecular weight excluding hydrogens is 557 g/mol. The van der Waals surface area contributed by atoms with Crippen molar-refractivity contribution in [1.29, 1.82) is 0 Å². The van der Waals surface area contributed by atoms with Crippen LogP contribution in [-0.2, 0) is 11.4 Å². The van der Waals surface area contributed by atoms with Crippen LogP contribution in [0.25, 0.3) is 5.69 Å². The minimum absolute atomic E-state index is 0.146. The number of fused-ring (bicyclic) bond motifs is 1. The second kappa shape index (κ2) is 10.6. The summed E-state index contributed by atoms with van der Waals surface area (Å²) in [5.41, 5.74) is 6.03. The van der Waals surface area contributed by atoms with Crippen molar-refractivity contribution in [2.75, 3.05) is 12.4 Å². The first-order valence-corrected chi connectivity index (χ1v) is 14.3. The Balaban J connectivity index is 1.46. The van der Waals surface area contributed by atoms with Crippen LogP contribution in [0.1, 0.15) is 55.0 Å². The van der Waals surface area contributed by atoms with Gasteiger partial charge in [-0.05, 0) is 60.7 Å². The number of methoxy groups -OCH3 is 1. The van der Waals surface area contributed by atoms with Crippen molar-refractivity contribution < 1.29 is 14.3 Å². The van der Waals surface area contributed by atoms with Crippen LogP contribution in [0.3, 0.4) is 0 Å². The van der Waals surface area contributed by atoms with E-state index in [0.717, 1.165) is 51.6 Å². The summed E-state index contributed by atoms with van der Waals surface area (Å²) < 4.78 is 13.8. The van der Waals surface area contributed by atoms with Crippen LogP contribution in [0, 0.1) is 12.3 Å². The lowest BCUT2D eigenvalue weighted by molar-refractivity contribution is -0.118. The van der Waals surface area contributed by atoms with Crippen LogP contribution in [0.15, 0.2) is 78.0 Å². The van der Waals surface area contributed by atoms with E-state index < -0.39 is 0 Å². The highest BCUT2D eigenvalue weighted by Crippen LogP contribution is 2.51. The average Bonchev–Trinajstić information content (AvgIpc) is 3.26. The second-order valence-electron chi connectivity index (χ2n) is 11.4. The molecule has 0 unspecified atom stereocenters. The summed E-state index contributed by atoms with van der Waals surface area (Å²) >= 11 is 12.7. The molecule has 0 saturated carbocycles. The van der Waals surface area contributed by atoms with E-state index in [1.54, 1.807) is 7.11 Å². The van der Waals surface area contributed by atoms with Crippen molar-refractivity contribution >= 4 is 34.8 Å². The second-order valence-corrected chi connectivity index (χ2v) is 12.3. The summed E-state index contributed by atoms with van der Waals surface area (Å²) in [7, 11) is 1.62. The van der Waals surface area contributed by atoms with Gasteiger partial charge in [-0.3, -0.25) is 4.79 Å². The van der Waals surface area contributed by atoms with Gasteiger partial charge in [0, 0.05) is 44.8 Å². The van der Waals surface area contributed by atoms with Gasteiger partial charge in [0.2, 0.25) is 0 Å². The van der Waals surface area contributed by atoms with E-state index in [1.807, 2.05) is 78.3 Å². The maximum Gasteiger partial charge on any atom is 0.162 e. The fourth-order valence-corrected chi connectivity index (χ4v) is 6.33. The van der Waals surface area contributed by atoms with Crippen molar-refractivity contribution in [3.8, 4) is 17.2 Å². The van der Waals surface area contributed by atoms with Crippen molar-refractivity contribution in [3.63, 3.8) is 0 Å². The number of carbonyl (C=O) groups excluding carboxylic acids is 1. The minimum atomic E-state index is -0.315. The van der Waals surface area contributed by atoms with Gasteiger partial charge in [-0.2, -0.15) is 5.10 Å². The Bertz CT molecular complexity index is 1710. The number of Topliss-reactive ketones (excluding diaryl/α,β-unsaturated/α-hetero) is 1. The van der Waals surface area contributed by atoms with E-state index in [-0.39, 0.29) is 17.1 Å². The lowest BCUT2D eigenvalue weighted by Gasteiger charge is -2.38. The third kappa shape index (κ3) is 5.11. The number of hydrogen-bond acceptors (Lipinski definition) is 5. The number of ketones is 1. The Morgan fingerprint density at radius 1 is 1.02 bits per heavy atom. The number of ether oxygens (including phenoxy) is 2. The van der Waals surface area contributed by atoms with Crippen LogP contribution in [0.2, 0.25) is 10.0 Å². The van der Waals surface area contributed by atoms with E-state index in [4.69, 9.17) is 37.8 Å². The molecule has 2 heterocycles. The zero-order valence-electron chi connectivity index (χ0n) is 23.4. The molecule has 3 aromatic carbocycles. The molecule has 1 aromatic heterocycles. The number of allylic oxidation sites excluding steroid dienone is 2. The number of aromatic nitrogens is 2. The van der Waals surface area contributed by atoms with Gasteiger partial charge in [0.25, 0.3) is 0 Å². The SMILES string of the molecule is COc1cc([C@@H]2C3=C(CC(C)(C)CC3=O)Nc3c2c(C)nn3-c2cccc(Cl)c2)ccc1OCc1ccccc1Cl. The van der Waals surface area contributed by atoms with Gasteiger partial charge < -0.3 is 14.8 Å². The molecule has 2 aliphatic rings. The molecule has 1 atom stereocenters. The van der Waals surface area contributed by atoms with Gasteiger partial charge in [-0.1, -0.05) is 67.4 Å². The zero-order valence-corrected chi connectivity index (χ0v) is 24.9. The predicted octanol–water partition coefficient (Wildman–Crippen LogP) is 8.28. The van der Waals surface area contributed by atoms with Gasteiger partial charge in [-0.25, -0.2) is 4.68 Å². The monoisotopic (exact) mass is 587 g/mol. The molecule has 0 spiro atoms. The van der Waals surface area contributed by atoms with Crippen molar-refractivity contribution in [2.24, 2.45) is 5.41 Å². The van der Waals surface area contributed by atoms with E-state index >= 15 is 0 Å². The van der Waals surface area contributed by atoms with Crippen molar-refractivity contribution in [1.82, 2.24) is 9.78 Å². The average molecular weight is 589 g/mol. The standard InChI is InChI=1S/C33H31Cl2N3O3/c1-19-29-30(20-12-13-27(28(14-20)40-4)41-18-21-8-5-6-11-24(21)35)31-25(16-33(2,3)17-26(31)39)36-32(29)38(37-19)23-10-7-9-22(34)15-23/h5-15,30,36H,16-18H2,1-4H3/t30-/m0/s1. The molecule has 6 rings (SSSR count). The lowest BCUT2D eigenvalue weighted by atomic mass is 9.69. The van der Waals surface area contributed by atoms with Crippen LogP contribution in [0.5, 0.6) is 11.5 Å². The highest BCUT2D eigenvalue weighted by atomic mass is 35.5. The lowest BCUT2D eigenvalue weighted by Crippen LogP contribution is -2.34. The van der Waals surface area contributed by atoms with E-state index in [9.17, 15) is 4.79 Å². The molecule has 4 aromatic rings. The van der Waals surface area contributed by atoms with E-state index in [2.05, 4.69) is 19.2 Å². The molecule has 1 N–H and O–H groups in total. The predicted molar refractivity (Wildman–Crippen MR) is 163 cm³/mol. The number of aryl methyl sites for hydroxylation is 1. The highest BCUT2D eigenvalue weighted by Gasteiger charge is 2.43. The molecule has 6 nitrogen and oxygen atoms in total. The smallest absolute Gasteiger partial charge is 0.162 e. The third-order valence-corrected chi connectivity index (χ3v) is 8.39. The number of nitrogens with one attached hydrogen (secondary N) is 1. The van der Waals surface area contributed by atoms with Gasteiger partial charge >= 0.3 is 0 Å². The number of halogens is 2. The van der Waals surface area contributed by atoms with Crippen molar-refractivity contribution in [2.45, 2.75) is 46.1 Å². The topological polar surface area (TPSA) is 65.4 Å². The summed E-state index contributed by atoms with van der Waals surface area (Å²) in [6.45, 7) is 6.56. The van der Waals surface area contributed by atoms with Gasteiger partial charge in [-0.15, -0.1) is 0 Å². The third-order valence-electron chi connectivity index (χ3n) is 7.79. The molecule has 210 valence electrons. The Morgan fingerprint density at radius 3 is 2.59 bits per heavy atom. The molecular formula is C33H31Cl2N3O3. The highest BCUT2D eigenvalue weighted by molar-refractivity contribution is 6.31. The Morgan fingerprint density at radius 2 is 1.83 bits per heavy atom. The number of anilines is 1. The van der Waals surface area contributed by atoms with E-state index in [0.29, 0.717) is 34.6 Å². The Labute approximate surface area is 249 Å². The number of benzene rings is 3. The first-order chi connectivity index (χ1) is 19.6. The fraction of sp³-hybridized carbons (Fsp3) is 0.273. The van der Waals surface area contributed by atoms with Crippen LogP contribution < -0.4 is 14.8 Å². The molecule has 1 aliphatic heterocycles. The molecule has 0 saturated heterocycles. The molecule has 8 heteroatoms. The summed E-state index contributed by atoms with van der Waals surface area (Å²) in [5.74, 6) is 1.86. The molecule has 0 fully saturated rings. The number of hydrogen-bond donors (Lipinski definition) is 1. The van der Waals surface area contributed by atoms with Gasteiger partial charge in [0.1, 0.15) is 12.4 Å². The summed E-state index contributed by atoms with van der Waals surface area (Å²) in [5, 5.41) is 9.82. The van der Waals surface area contributed by atoms with Gasteiger partial charge in [0.05, 0.1) is 18.5 Å². The van der Waals surface area contributed by atoms with Crippen molar-refractivity contribution in [3.05, 3.63) is 110 Å². The van der Waals surface area contributed by atoms with Crippen LogP contribution in [0.4, 0.5) is 5.82 Å². The fourth-order valence-electron chi connectivity index (χ4n) is 5.96. The summed E-state index contributed by atoms with van der Waals surface area (Å²) in [6, 6.07) is 21.1.